The molecule has 2 aromatic rings. The number of carbonyl (C=O) groups excluding carboxylic acids is 2. The minimum atomic E-state index is -2.04. The predicted molar refractivity (Wildman–Crippen MR) is 140 cm³/mol. The molecular formula is C27H29N3O6S. The van der Waals surface area contributed by atoms with Crippen LogP contribution in [0.1, 0.15) is 40.1 Å². The van der Waals surface area contributed by atoms with Crippen molar-refractivity contribution in [2.75, 3.05) is 14.1 Å². The van der Waals surface area contributed by atoms with E-state index in [0.29, 0.717) is 12.0 Å². The van der Waals surface area contributed by atoms with Crippen molar-refractivity contribution in [3.63, 3.8) is 0 Å². The van der Waals surface area contributed by atoms with Crippen LogP contribution in [0, 0.1) is 18.8 Å². The Labute approximate surface area is 217 Å². The van der Waals surface area contributed by atoms with Crippen LogP contribution in [0.4, 0.5) is 0 Å². The largest absolute Gasteiger partial charge is 0.510 e. The van der Waals surface area contributed by atoms with E-state index in [1.807, 2.05) is 19.1 Å². The smallest absolute Gasteiger partial charge is 0.248 e. The molecule has 1 aromatic heterocycles. The maximum Gasteiger partial charge on any atom is 0.248 e. The lowest BCUT2D eigenvalue weighted by Crippen LogP contribution is -2.62. The Hall–Kier alpha value is -3.47. The van der Waals surface area contributed by atoms with Gasteiger partial charge in [0, 0.05) is 22.8 Å². The Bertz CT molecular complexity index is 1420. The number of aliphatic hydroxyl groups is 3. The predicted octanol–water partition coefficient (Wildman–Crippen LogP) is 2.72. The minimum absolute atomic E-state index is 0.0312. The fourth-order valence-electron chi connectivity index (χ4n) is 6.15. The van der Waals surface area contributed by atoms with Crippen LogP contribution in [0.5, 0.6) is 5.75 Å². The second-order valence-electron chi connectivity index (χ2n) is 10.2. The number of nitrogens with zero attached hydrogens (tertiary/aromatic N) is 2. The zero-order valence-electron chi connectivity index (χ0n) is 20.7. The van der Waals surface area contributed by atoms with Gasteiger partial charge >= 0.3 is 0 Å². The number of benzene rings is 1. The fourth-order valence-corrected chi connectivity index (χ4v) is 6.84. The number of phenols is 1. The summed E-state index contributed by atoms with van der Waals surface area (Å²) in [5.41, 5.74) is 7.56. The standard InChI is InChI=1S/C27H29N3O6S/c1-12-19(37-11-29-12)7-5-13-4-6-18(31)21-15(13)8-14-9-17-22(30(2)3)23(32)16(26(28)35)10-27(17,36)25(34)20(14)24(21)33/h4-7,11,14,17,22,31-33,36H,8-10H2,1-3H3,(H2,28,35)/b7-5+. The van der Waals surface area contributed by atoms with Crippen LogP contribution >= 0.6 is 11.3 Å². The number of Topliss-reactive ketones (excluding diaryl/α,β-unsaturated/α-hetero) is 1. The van der Waals surface area contributed by atoms with Gasteiger partial charge in [0.25, 0.3) is 0 Å². The van der Waals surface area contributed by atoms with Gasteiger partial charge in [0.1, 0.15) is 22.9 Å². The third-order valence-electron chi connectivity index (χ3n) is 7.93. The number of amides is 1. The number of phenolic OH excluding ortho intramolecular Hbond substituents is 1. The molecule has 3 aliphatic carbocycles. The highest BCUT2D eigenvalue weighted by Crippen LogP contribution is 2.53. The van der Waals surface area contributed by atoms with E-state index in [4.69, 9.17) is 5.73 Å². The summed E-state index contributed by atoms with van der Waals surface area (Å²) < 4.78 is 0. The lowest BCUT2D eigenvalue weighted by molar-refractivity contribution is -0.151. The topological polar surface area (TPSA) is 157 Å². The zero-order valence-corrected chi connectivity index (χ0v) is 21.5. The SMILES string of the molecule is Cc1ncsc1/C=C/c1ccc(O)c2c1CC1CC3C(N(C)C)C(O)=C(C(N)=O)CC3(O)C(=O)C1=C2O. The first kappa shape index (κ1) is 25.2. The van der Waals surface area contributed by atoms with E-state index in [-0.39, 0.29) is 40.4 Å². The van der Waals surface area contributed by atoms with Crippen LogP contribution in [0.15, 0.2) is 34.5 Å². The van der Waals surface area contributed by atoms with Crippen molar-refractivity contribution in [1.82, 2.24) is 9.88 Å². The summed E-state index contributed by atoms with van der Waals surface area (Å²) in [6.07, 6.45) is 4.00. The summed E-state index contributed by atoms with van der Waals surface area (Å²) in [4.78, 5) is 32.8. The van der Waals surface area contributed by atoms with Gasteiger partial charge in [0.05, 0.1) is 28.4 Å². The van der Waals surface area contributed by atoms with E-state index in [9.17, 15) is 30.0 Å². The monoisotopic (exact) mass is 523 g/mol. The normalized spacial score (nSPS) is 27.5. The Balaban J connectivity index is 1.63. The Morgan fingerprint density at radius 3 is 2.59 bits per heavy atom. The van der Waals surface area contributed by atoms with Crippen LogP contribution in [0.3, 0.4) is 0 Å². The summed E-state index contributed by atoms with van der Waals surface area (Å²) in [6.45, 7) is 1.91. The number of nitrogens with two attached hydrogens (primary N) is 1. The van der Waals surface area contributed by atoms with Gasteiger partial charge in [-0.3, -0.25) is 14.5 Å². The third kappa shape index (κ3) is 3.78. The van der Waals surface area contributed by atoms with Crippen molar-refractivity contribution in [3.8, 4) is 5.75 Å². The number of hydrogen-bond donors (Lipinski definition) is 5. The summed E-state index contributed by atoms with van der Waals surface area (Å²) in [6, 6.07) is 2.42. The fraction of sp³-hybridized carbons (Fsp3) is 0.370. The molecule has 10 heteroatoms. The van der Waals surface area contributed by atoms with Gasteiger partial charge in [-0.1, -0.05) is 12.1 Å². The molecular weight excluding hydrogens is 494 g/mol. The van der Waals surface area contributed by atoms with Crippen molar-refractivity contribution in [2.24, 2.45) is 17.6 Å². The number of likely N-dealkylation sites (N-methyl/N-ethyl adjacent to an activating group) is 1. The number of carbonyl (C=O) groups is 2. The lowest BCUT2D eigenvalue weighted by Gasteiger charge is -2.51. The quantitative estimate of drug-likeness (QED) is 0.409. The maximum absolute atomic E-state index is 13.8. The molecule has 4 unspecified atom stereocenters. The summed E-state index contributed by atoms with van der Waals surface area (Å²) in [5, 5.41) is 44.6. The number of thiazole rings is 1. The number of ketones is 1. The van der Waals surface area contributed by atoms with Crippen molar-refractivity contribution < 1.29 is 30.0 Å². The molecule has 0 radical (unpaired) electrons. The van der Waals surface area contributed by atoms with E-state index in [2.05, 4.69) is 4.98 Å². The highest BCUT2D eigenvalue weighted by atomic mass is 32.1. The Kier molecular flexibility index (Phi) is 6.01. The van der Waals surface area contributed by atoms with Gasteiger partial charge in [-0.15, -0.1) is 11.3 Å². The second kappa shape index (κ2) is 8.83. The number of aliphatic hydroxyl groups excluding tert-OH is 2. The number of aryl methyl sites for hydroxylation is 1. The van der Waals surface area contributed by atoms with Gasteiger partial charge in [-0.25, -0.2) is 4.98 Å². The van der Waals surface area contributed by atoms with Gasteiger partial charge in [0.2, 0.25) is 5.91 Å². The molecule has 0 spiro atoms. The Morgan fingerprint density at radius 1 is 1.24 bits per heavy atom. The molecule has 1 saturated carbocycles. The zero-order chi connectivity index (χ0) is 26.8. The van der Waals surface area contributed by atoms with Crippen LogP contribution in [0.2, 0.25) is 0 Å². The number of fused-ring (bicyclic) bond motifs is 3. The van der Waals surface area contributed by atoms with Crippen LogP contribution < -0.4 is 5.73 Å². The molecule has 0 bridgehead atoms. The summed E-state index contributed by atoms with van der Waals surface area (Å²) in [5.74, 6) is -3.61. The molecule has 6 N–H and O–H groups in total. The van der Waals surface area contributed by atoms with Crippen LogP contribution in [0.25, 0.3) is 17.9 Å². The average Bonchev–Trinajstić information content (AvgIpc) is 3.24. The molecule has 1 aromatic carbocycles. The third-order valence-corrected chi connectivity index (χ3v) is 8.83. The first-order valence-corrected chi connectivity index (χ1v) is 12.9. The molecule has 0 saturated heterocycles. The van der Waals surface area contributed by atoms with Crippen LogP contribution in [-0.4, -0.2) is 67.7 Å². The lowest BCUT2D eigenvalue weighted by atomic mass is 9.57. The van der Waals surface area contributed by atoms with E-state index in [0.717, 1.165) is 16.1 Å². The first-order chi connectivity index (χ1) is 17.5. The van der Waals surface area contributed by atoms with E-state index in [1.54, 1.807) is 30.6 Å². The molecule has 37 heavy (non-hydrogen) atoms. The number of primary amides is 1. The molecule has 9 nitrogen and oxygen atoms in total. The van der Waals surface area contributed by atoms with Crippen molar-refractivity contribution in [2.45, 2.75) is 37.8 Å². The number of hydrogen-bond acceptors (Lipinski definition) is 9. The number of rotatable bonds is 4. The average molecular weight is 524 g/mol. The molecule has 4 atom stereocenters. The highest BCUT2D eigenvalue weighted by molar-refractivity contribution is 7.10. The first-order valence-electron chi connectivity index (χ1n) is 12.0. The number of aromatic nitrogens is 1. The van der Waals surface area contributed by atoms with Crippen molar-refractivity contribution in [1.29, 1.82) is 0 Å². The van der Waals surface area contributed by atoms with Gasteiger partial charge in [-0.2, -0.15) is 0 Å². The molecule has 5 rings (SSSR count). The molecule has 1 amide bonds. The van der Waals surface area contributed by atoms with Gasteiger partial charge in [0.15, 0.2) is 5.78 Å². The summed E-state index contributed by atoms with van der Waals surface area (Å²) in [7, 11) is 3.38. The van der Waals surface area contributed by atoms with Gasteiger partial charge in [-0.05, 0) is 63.0 Å². The van der Waals surface area contributed by atoms with E-state index >= 15 is 0 Å². The molecule has 194 valence electrons. The number of aromatic hydroxyl groups is 1. The molecule has 0 aliphatic heterocycles. The Morgan fingerprint density at radius 2 is 1.97 bits per heavy atom. The summed E-state index contributed by atoms with van der Waals surface area (Å²) >= 11 is 1.50. The second-order valence-corrected chi connectivity index (χ2v) is 11.1. The van der Waals surface area contributed by atoms with Gasteiger partial charge < -0.3 is 26.2 Å². The van der Waals surface area contributed by atoms with E-state index < -0.39 is 41.6 Å². The molecule has 3 aliphatic rings. The van der Waals surface area contributed by atoms with Crippen molar-refractivity contribution >= 4 is 40.9 Å². The molecule has 1 fully saturated rings. The highest BCUT2D eigenvalue weighted by Gasteiger charge is 2.60. The minimum Gasteiger partial charge on any atom is -0.510 e. The van der Waals surface area contributed by atoms with E-state index in [1.165, 1.54) is 17.4 Å². The maximum atomic E-state index is 13.8. The van der Waals surface area contributed by atoms with Crippen LogP contribution in [-0.2, 0) is 16.0 Å². The van der Waals surface area contributed by atoms with Crippen molar-refractivity contribution in [3.05, 3.63) is 61.8 Å². The molecule has 1 heterocycles.